The second-order valence-corrected chi connectivity index (χ2v) is 10.9. The Labute approximate surface area is 189 Å². The number of thiazole rings is 1. The van der Waals surface area contributed by atoms with Crippen LogP contribution in [0, 0.1) is 0 Å². The zero-order chi connectivity index (χ0) is 21.8. The first kappa shape index (κ1) is 21.9. The number of aromatic nitrogens is 1. The van der Waals surface area contributed by atoms with Gasteiger partial charge in [0.25, 0.3) is 5.91 Å². The summed E-state index contributed by atoms with van der Waals surface area (Å²) in [5, 5.41) is 5.53. The molecular weight excluding hydrogens is 454 g/mol. The van der Waals surface area contributed by atoms with Crippen LogP contribution >= 0.6 is 22.7 Å². The van der Waals surface area contributed by atoms with Crippen LogP contribution in [-0.4, -0.2) is 43.3 Å². The summed E-state index contributed by atoms with van der Waals surface area (Å²) < 4.78 is 33.6. The van der Waals surface area contributed by atoms with E-state index in [0.29, 0.717) is 36.0 Å². The van der Waals surface area contributed by atoms with Gasteiger partial charge >= 0.3 is 0 Å². The largest absolute Gasteiger partial charge is 0.492 e. The van der Waals surface area contributed by atoms with Crippen molar-refractivity contribution >= 4 is 44.3 Å². The van der Waals surface area contributed by atoms with Crippen LogP contribution in [0.5, 0.6) is 5.75 Å². The van der Waals surface area contributed by atoms with Gasteiger partial charge in [-0.05, 0) is 49.4 Å². The Bertz CT molecular complexity index is 1150. The third-order valence-corrected chi connectivity index (χ3v) is 8.85. The molecule has 1 aliphatic heterocycles. The van der Waals surface area contributed by atoms with Crippen LogP contribution < -0.4 is 10.1 Å². The molecular formula is C21H23N3O4S3. The maximum absolute atomic E-state index is 13.3. The lowest BCUT2D eigenvalue weighted by Gasteiger charge is -2.27. The highest BCUT2D eigenvalue weighted by molar-refractivity contribution is 7.89. The highest BCUT2D eigenvalue weighted by atomic mass is 32.2. The lowest BCUT2D eigenvalue weighted by molar-refractivity contribution is 0.103. The Morgan fingerprint density at radius 1 is 1.23 bits per heavy atom. The molecule has 0 unspecified atom stereocenters. The quantitative estimate of drug-likeness (QED) is 0.533. The maximum atomic E-state index is 13.3. The number of carbonyl (C=O) groups excluding carboxylic acids is 1. The molecule has 3 aromatic rings. The van der Waals surface area contributed by atoms with E-state index in [1.54, 1.807) is 23.5 Å². The number of nitrogens with one attached hydrogen (secondary N) is 1. The first-order valence-electron chi connectivity index (χ1n) is 10.1. The van der Waals surface area contributed by atoms with Crippen LogP contribution in [-0.2, 0) is 10.0 Å². The predicted molar refractivity (Wildman–Crippen MR) is 124 cm³/mol. The summed E-state index contributed by atoms with van der Waals surface area (Å²) in [6.07, 6.45) is 4.26. The van der Waals surface area contributed by atoms with E-state index in [1.165, 1.54) is 27.9 Å². The van der Waals surface area contributed by atoms with Gasteiger partial charge < -0.3 is 10.1 Å². The normalized spacial score (nSPS) is 15.0. The smallest absolute Gasteiger partial charge is 0.267 e. The van der Waals surface area contributed by atoms with Crippen molar-refractivity contribution in [3.63, 3.8) is 0 Å². The van der Waals surface area contributed by atoms with Crippen LogP contribution in [0.25, 0.3) is 9.88 Å². The number of nitrogens with zero attached hydrogens (tertiary/aromatic N) is 2. The molecule has 0 radical (unpaired) electrons. The minimum atomic E-state index is -3.71. The van der Waals surface area contributed by atoms with Gasteiger partial charge in [-0.3, -0.25) is 4.79 Å². The highest BCUT2D eigenvalue weighted by Gasteiger charge is 2.29. The van der Waals surface area contributed by atoms with E-state index in [0.717, 1.165) is 29.1 Å². The summed E-state index contributed by atoms with van der Waals surface area (Å²) in [6.45, 7) is 3.15. The number of benzene rings is 1. The summed E-state index contributed by atoms with van der Waals surface area (Å²) in [6, 6.07) is 8.62. The number of anilines is 1. The average molecular weight is 478 g/mol. The fourth-order valence-corrected chi connectivity index (χ4v) is 6.68. The summed E-state index contributed by atoms with van der Waals surface area (Å²) in [4.78, 5) is 18.6. The van der Waals surface area contributed by atoms with Crippen LogP contribution in [0.3, 0.4) is 0 Å². The van der Waals surface area contributed by atoms with Gasteiger partial charge in [0.05, 0.1) is 17.7 Å². The second-order valence-electron chi connectivity index (χ2n) is 7.02. The number of rotatable bonds is 7. The zero-order valence-corrected chi connectivity index (χ0v) is 19.5. The molecule has 1 fully saturated rings. The summed E-state index contributed by atoms with van der Waals surface area (Å²) in [7, 11) is -3.71. The number of thiophene rings is 1. The molecule has 1 saturated heterocycles. The number of hydrogen-bond donors (Lipinski definition) is 1. The lowest BCUT2D eigenvalue weighted by atomic mass is 10.2. The molecule has 7 nitrogen and oxygen atoms in total. The average Bonchev–Trinajstić information content (AvgIpc) is 3.47. The number of sulfonamides is 1. The summed E-state index contributed by atoms with van der Waals surface area (Å²) in [5.74, 6) is -0.0327. The molecule has 0 bridgehead atoms. The van der Waals surface area contributed by atoms with Crippen molar-refractivity contribution < 1.29 is 17.9 Å². The number of hydrogen-bond acceptors (Lipinski definition) is 7. The number of carbonyl (C=O) groups is 1. The van der Waals surface area contributed by atoms with Crippen molar-refractivity contribution in [3.05, 3.63) is 46.8 Å². The van der Waals surface area contributed by atoms with Crippen LogP contribution in [0.2, 0.25) is 0 Å². The van der Waals surface area contributed by atoms with Crippen molar-refractivity contribution in [2.45, 2.75) is 31.1 Å². The molecule has 10 heteroatoms. The van der Waals surface area contributed by atoms with Gasteiger partial charge in [0.15, 0.2) is 0 Å². The minimum Gasteiger partial charge on any atom is -0.492 e. The van der Waals surface area contributed by atoms with Gasteiger partial charge in [-0.15, -0.1) is 22.7 Å². The fourth-order valence-electron chi connectivity index (χ4n) is 3.39. The molecule has 4 rings (SSSR count). The standard InChI is InChI=1S/C21H23N3O4S3/c1-2-28-16-9-8-15(13-19(16)31(26,27)24-10-4-3-5-11-24)23-20(25)18-14-22-21(30-18)17-7-6-12-29-17/h6-9,12-14H,2-5,10-11H2,1H3,(H,23,25). The molecule has 3 heterocycles. The monoisotopic (exact) mass is 477 g/mol. The first-order valence-corrected chi connectivity index (χ1v) is 13.2. The Balaban J connectivity index is 1.59. The van der Waals surface area contributed by atoms with Crippen molar-refractivity contribution in [1.82, 2.24) is 9.29 Å². The van der Waals surface area contributed by atoms with Gasteiger partial charge in [0, 0.05) is 18.8 Å². The van der Waals surface area contributed by atoms with E-state index < -0.39 is 10.0 Å². The maximum Gasteiger partial charge on any atom is 0.267 e. The third-order valence-electron chi connectivity index (χ3n) is 4.90. The second kappa shape index (κ2) is 9.47. The SMILES string of the molecule is CCOc1ccc(NC(=O)c2cnc(-c3cccs3)s2)cc1S(=O)(=O)N1CCCCC1. The molecule has 31 heavy (non-hydrogen) atoms. The van der Waals surface area contributed by atoms with Gasteiger partial charge in [0.1, 0.15) is 20.5 Å². The Hall–Kier alpha value is -2.27. The molecule has 2 aromatic heterocycles. The topological polar surface area (TPSA) is 88.6 Å². The molecule has 0 aliphatic carbocycles. The summed E-state index contributed by atoms with van der Waals surface area (Å²) in [5.41, 5.74) is 0.398. The molecule has 164 valence electrons. The number of ether oxygens (including phenoxy) is 1. The van der Waals surface area contributed by atoms with Crippen molar-refractivity contribution in [3.8, 4) is 15.6 Å². The minimum absolute atomic E-state index is 0.0811. The summed E-state index contributed by atoms with van der Waals surface area (Å²) >= 11 is 2.86. The molecule has 0 spiro atoms. The van der Waals surface area contributed by atoms with E-state index in [9.17, 15) is 13.2 Å². The van der Waals surface area contributed by atoms with Crippen LogP contribution in [0.1, 0.15) is 35.9 Å². The molecule has 0 saturated carbocycles. The number of piperidine rings is 1. The molecule has 0 atom stereocenters. The van der Waals surface area contributed by atoms with Crippen molar-refractivity contribution in [2.24, 2.45) is 0 Å². The predicted octanol–water partition coefficient (Wildman–Crippen LogP) is 4.70. The molecule has 1 N–H and O–H groups in total. The van der Waals surface area contributed by atoms with Crippen LogP contribution in [0.4, 0.5) is 5.69 Å². The van der Waals surface area contributed by atoms with E-state index in [2.05, 4.69) is 10.3 Å². The Kier molecular flexibility index (Phi) is 6.71. The Morgan fingerprint density at radius 3 is 2.74 bits per heavy atom. The molecule has 1 amide bonds. The van der Waals surface area contributed by atoms with Gasteiger partial charge in [-0.25, -0.2) is 13.4 Å². The van der Waals surface area contributed by atoms with Crippen molar-refractivity contribution in [1.29, 1.82) is 0 Å². The third kappa shape index (κ3) is 4.82. The van der Waals surface area contributed by atoms with Crippen molar-refractivity contribution in [2.75, 3.05) is 25.0 Å². The first-order chi connectivity index (χ1) is 15.0. The van der Waals surface area contributed by atoms with Gasteiger partial charge in [-0.2, -0.15) is 4.31 Å². The Morgan fingerprint density at radius 2 is 2.03 bits per heavy atom. The van der Waals surface area contributed by atoms with E-state index in [-0.39, 0.29) is 10.8 Å². The van der Waals surface area contributed by atoms with E-state index >= 15 is 0 Å². The van der Waals surface area contributed by atoms with E-state index in [1.807, 2.05) is 24.4 Å². The van der Waals surface area contributed by atoms with Gasteiger partial charge in [0.2, 0.25) is 10.0 Å². The van der Waals surface area contributed by atoms with Crippen LogP contribution in [0.15, 0.2) is 46.8 Å². The lowest BCUT2D eigenvalue weighted by Crippen LogP contribution is -2.35. The molecule has 1 aromatic carbocycles. The fraction of sp³-hybridized carbons (Fsp3) is 0.333. The van der Waals surface area contributed by atoms with Gasteiger partial charge in [-0.1, -0.05) is 12.5 Å². The highest BCUT2D eigenvalue weighted by Crippen LogP contribution is 2.33. The molecule has 1 aliphatic rings. The zero-order valence-electron chi connectivity index (χ0n) is 17.0. The number of amides is 1. The van der Waals surface area contributed by atoms with E-state index in [4.69, 9.17) is 4.74 Å².